The molecule has 0 fully saturated rings. The van der Waals surface area contributed by atoms with Crippen molar-refractivity contribution in [3.63, 3.8) is 0 Å². The largest absolute Gasteiger partial charge is 0.360 e. The highest BCUT2D eigenvalue weighted by atomic mass is 35.5. The van der Waals surface area contributed by atoms with Gasteiger partial charge in [-0.3, -0.25) is 19.1 Å². The van der Waals surface area contributed by atoms with Gasteiger partial charge in [-0.05, 0) is 49.4 Å². The number of halogens is 2. The summed E-state index contributed by atoms with van der Waals surface area (Å²) in [5, 5.41) is 6.27. The maximum absolute atomic E-state index is 14.5. The molecule has 14 heteroatoms. The summed E-state index contributed by atoms with van der Waals surface area (Å²) in [7, 11) is -3.99. The Morgan fingerprint density at radius 2 is 1.88 bits per heavy atom. The van der Waals surface area contributed by atoms with Gasteiger partial charge in [-0.15, -0.1) is 0 Å². The van der Waals surface area contributed by atoms with Gasteiger partial charge in [0.25, 0.3) is 15.9 Å². The topological polar surface area (TPSA) is 156 Å². The zero-order chi connectivity index (χ0) is 28.6. The minimum absolute atomic E-state index is 0.0113. The molecule has 0 radical (unpaired) electrons. The molecule has 2 aromatic carbocycles. The molecule has 5 rings (SSSR count). The third-order valence-corrected chi connectivity index (χ3v) is 7.61. The average molecular weight is 584 g/mol. The number of sulfonamides is 1. The SMILES string of the molecule is Cc1cc(NS(=O)(=O)c2ccc(NC(=O)c3cn(Cc4c(F)cccc4Cl)c4ccc(=O)[nH]c4c3=O)cc2)no1. The van der Waals surface area contributed by atoms with Gasteiger partial charge < -0.3 is 19.4 Å². The van der Waals surface area contributed by atoms with E-state index in [0.29, 0.717) is 5.76 Å². The molecule has 0 aliphatic heterocycles. The zero-order valence-electron chi connectivity index (χ0n) is 20.6. The molecule has 11 nitrogen and oxygen atoms in total. The molecule has 0 bridgehead atoms. The van der Waals surface area contributed by atoms with Crippen LogP contribution in [0.3, 0.4) is 0 Å². The summed E-state index contributed by atoms with van der Waals surface area (Å²) < 4.78 is 48.3. The lowest BCUT2D eigenvalue weighted by molar-refractivity contribution is 0.102. The molecule has 3 heterocycles. The van der Waals surface area contributed by atoms with Crippen LogP contribution in [0.25, 0.3) is 11.0 Å². The minimum Gasteiger partial charge on any atom is -0.360 e. The number of fused-ring (bicyclic) bond motifs is 1. The van der Waals surface area contributed by atoms with Crippen molar-refractivity contribution in [1.29, 1.82) is 0 Å². The summed E-state index contributed by atoms with van der Waals surface area (Å²) in [6, 6.07) is 13.4. The van der Waals surface area contributed by atoms with Gasteiger partial charge in [-0.25, -0.2) is 12.8 Å². The van der Waals surface area contributed by atoms with E-state index in [1.165, 1.54) is 71.4 Å². The minimum atomic E-state index is -3.99. The molecule has 0 atom stereocenters. The standard InChI is InChI=1S/C26H19ClFN5O6S/c1-14-11-22(31-39-14)32-40(37,38)16-7-5-15(6-8-16)29-26(36)18-13-33(12-17-19(27)3-2-4-20(17)28)21-9-10-23(34)30-24(21)25(18)35/h2-11,13H,12H2,1H3,(H,29,36)(H,30,34)(H,31,32). The van der Waals surface area contributed by atoms with Crippen molar-refractivity contribution in [3.8, 4) is 0 Å². The number of nitrogens with one attached hydrogen (secondary N) is 3. The van der Waals surface area contributed by atoms with Gasteiger partial charge >= 0.3 is 0 Å². The van der Waals surface area contributed by atoms with Crippen LogP contribution in [0, 0.1) is 12.7 Å². The number of nitrogens with zero attached hydrogens (tertiary/aromatic N) is 2. The molecule has 0 saturated carbocycles. The van der Waals surface area contributed by atoms with E-state index < -0.39 is 32.7 Å². The highest BCUT2D eigenvalue weighted by Crippen LogP contribution is 2.22. The fraction of sp³-hybridized carbons (Fsp3) is 0.0769. The number of hydrogen-bond donors (Lipinski definition) is 3. The molecule has 0 unspecified atom stereocenters. The predicted molar refractivity (Wildman–Crippen MR) is 146 cm³/mol. The molecule has 5 aromatic rings. The molecule has 3 aromatic heterocycles. The summed E-state index contributed by atoms with van der Waals surface area (Å²) in [5.41, 5.74) is -1.25. The normalized spacial score (nSPS) is 11.5. The van der Waals surface area contributed by atoms with Gasteiger partial charge in [0, 0.05) is 34.6 Å². The number of carbonyl (C=O) groups is 1. The van der Waals surface area contributed by atoms with E-state index in [9.17, 15) is 27.2 Å². The average Bonchev–Trinajstić information content (AvgIpc) is 3.31. The monoisotopic (exact) mass is 583 g/mol. The molecule has 0 spiro atoms. The lowest BCUT2D eigenvalue weighted by Gasteiger charge is -2.15. The van der Waals surface area contributed by atoms with Crippen LogP contribution in [0.1, 0.15) is 21.7 Å². The second kappa shape index (κ2) is 10.4. The van der Waals surface area contributed by atoms with Gasteiger partial charge in [0.2, 0.25) is 11.0 Å². The Kier molecular flexibility index (Phi) is 7.00. The maximum Gasteiger partial charge on any atom is 0.263 e. The fourth-order valence-corrected chi connectivity index (χ4v) is 5.18. The molecule has 0 aliphatic carbocycles. The van der Waals surface area contributed by atoms with E-state index in [2.05, 4.69) is 20.2 Å². The Bertz CT molecular complexity index is 1980. The van der Waals surface area contributed by atoms with E-state index in [1.807, 2.05) is 0 Å². The molecule has 3 N–H and O–H groups in total. The van der Waals surface area contributed by atoms with Crippen LogP contribution in [0.4, 0.5) is 15.9 Å². The number of carbonyl (C=O) groups excluding carboxylic acids is 1. The maximum atomic E-state index is 14.5. The van der Waals surface area contributed by atoms with Crippen LogP contribution in [0.2, 0.25) is 5.02 Å². The number of pyridine rings is 2. The van der Waals surface area contributed by atoms with Crippen molar-refractivity contribution in [1.82, 2.24) is 14.7 Å². The number of rotatable bonds is 7. The Hall–Kier alpha value is -4.75. The van der Waals surface area contributed by atoms with Crippen LogP contribution in [-0.4, -0.2) is 29.0 Å². The van der Waals surface area contributed by atoms with Crippen LogP contribution in [0.5, 0.6) is 0 Å². The number of aromatic amines is 1. The van der Waals surface area contributed by atoms with E-state index >= 15 is 0 Å². The zero-order valence-corrected chi connectivity index (χ0v) is 22.1. The van der Waals surface area contributed by atoms with Gasteiger partial charge in [-0.1, -0.05) is 22.8 Å². The summed E-state index contributed by atoms with van der Waals surface area (Å²) in [6.45, 7) is 1.47. The highest BCUT2D eigenvalue weighted by molar-refractivity contribution is 7.92. The number of aryl methyl sites for hydroxylation is 1. The van der Waals surface area contributed by atoms with Gasteiger partial charge in [0.05, 0.1) is 17.0 Å². The van der Waals surface area contributed by atoms with Crippen molar-refractivity contribution in [2.24, 2.45) is 0 Å². The number of anilines is 2. The third-order valence-electron chi connectivity index (χ3n) is 5.89. The van der Waals surface area contributed by atoms with E-state index in [0.717, 1.165) is 0 Å². The molecule has 40 heavy (non-hydrogen) atoms. The summed E-state index contributed by atoms with van der Waals surface area (Å²) in [5.74, 6) is -0.989. The number of hydrogen-bond acceptors (Lipinski definition) is 7. The van der Waals surface area contributed by atoms with Crippen molar-refractivity contribution >= 4 is 50.1 Å². The van der Waals surface area contributed by atoms with E-state index in [1.54, 1.807) is 6.92 Å². The second-order valence-corrected chi connectivity index (χ2v) is 10.8. The van der Waals surface area contributed by atoms with Gasteiger partial charge in [0.15, 0.2) is 5.82 Å². The lowest BCUT2D eigenvalue weighted by atomic mass is 10.1. The molecular formula is C26H19ClFN5O6S. The lowest BCUT2D eigenvalue weighted by Crippen LogP contribution is -2.26. The number of benzene rings is 2. The Morgan fingerprint density at radius 3 is 2.55 bits per heavy atom. The first-order valence-electron chi connectivity index (χ1n) is 11.6. The highest BCUT2D eigenvalue weighted by Gasteiger charge is 2.20. The van der Waals surface area contributed by atoms with Crippen molar-refractivity contribution < 1.29 is 22.1 Å². The van der Waals surface area contributed by atoms with E-state index in [4.69, 9.17) is 16.1 Å². The Labute approximate surface area is 230 Å². The molecule has 1 amide bonds. The molecular weight excluding hydrogens is 565 g/mol. The van der Waals surface area contributed by atoms with Crippen LogP contribution in [0.15, 0.2) is 85.9 Å². The molecule has 0 saturated heterocycles. The van der Waals surface area contributed by atoms with Crippen LogP contribution in [-0.2, 0) is 16.6 Å². The summed E-state index contributed by atoms with van der Waals surface area (Å²) in [4.78, 5) is 40.6. The first-order valence-corrected chi connectivity index (χ1v) is 13.4. The first kappa shape index (κ1) is 26.8. The summed E-state index contributed by atoms with van der Waals surface area (Å²) in [6.07, 6.45) is 1.24. The second-order valence-electron chi connectivity index (χ2n) is 8.69. The number of amides is 1. The third kappa shape index (κ3) is 5.37. The quantitative estimate of drug-likeness (QED) is 0.262. The Balaban J connectivity index is 1.46. The van der Waals surface area contributed by atoms with Gasteiger partial charge in [0.1, 0.15) is 22.7 Å². The molecule has 204 valence electrons. The van der Waals surface area contributed by atoms with Gasteiger partial charge in [-0.2, -0.15) is 0 Å². The van der Waals surface area contributed by atoms with Crippen molar-refractivity contribution in [2.75, 3.05) is 10.0 Å². The summed E-state index contributed by atoms with van der Waals surface area (Å²) >= 11 is 6.18. The van der Waals surface area contributed by atoms with Crippen LogP contribution >= 0.6 is 11.6 Å². The van der Waals surface area contributed by atoms with E-state index in [-0.39, 0.29) is 50.1 Å². The Morgan fingerprint density at radius 1 is 1.12 bits per heavy atom. The smallest absolute Gasteiger partial charge is 0.263 e. The number of aromatic nitrogens is 3. The predicted octanol–water partition coefficient (Wildman–Crippen LogP) is 3.88. The van der Waals surface area contributed by atoms with Crippen molar-refractivity contribution in [2.45, 2.75) is 18.4 Å². The number of H-pyrrole nitrogens is 1. The van der Waals surface area contributed by atoms with Crippen LogP contribution < -0.4 is 21.0 Å². The molecule has 0 aliphatic rings. The fourth-order valence-electron chi connectivity index (χ4n) is 3.97. The first-order chi connectivity index (χ1) is 19.0. The van der Waals surface area contributed by atoms with Crippen molar-refractivity contribution in [3.05, 3.63) is 115 Å².